The summed E-state index contributed by atoms with van der Waals surface area (Å²) in [5.74, 6) is 0.359. The molecule has 1 aliphatic rings. The van der Waals surface area contributed by atoms with Gasteiger partial charge in [0.1, 0.15) is 0 Å². The van der Waals surface area contributed by atoms with Crippen LogP contribution >= 0.6 is 0 Å². The lowest BCUT2D eigenvalue weighted by atomic mass is 9.87. The van der Waals surface area contributed by atoms with E-state index in [-0.39, 0.29) is 11.9 Å². The first-order valence-electron chi connectivity index (χ1n) is 6.66. The monoisotopic (exact) mass is 255 g/mol. The van der Waals surface area contributed by atoms with Gasteiger partial charge < -0.3 is 9.32 Å². The molecule has 0 spiro atoms. The molecule has 0 bridgehead atoms. The number of nitrogens with zero attached hydrogens (tertiary/aromatic N) is 1. The van der Waals surface area contributed by atoms with E-state index in [2.05, 4.69) is 18.2 Å². The topological polar surface area (TPSA) is 33.5 Å². The molecule has 19 heavy (non-hydrogen) atoms. The largest absolute Gasteiger partial charge is 0.459 e. The van der Waals surface area contributed by atoms with Crippen LogP contribution < -0.4 is 0 Å². The fourth-order valence-corrected chi connectivity index (χ4v) is 2.85. The van der Waals surface area contributed by atoms with Gasteiger partial charge in [-0.05, 0) is 42.5 Å². The Morgan fingerprint density at radius 1 is 1.26 bits per heavy atom. The first-order chi connectivity index (χ1) is 9.27. The van der Waals surface area contributed by atoms with Crippen LogP contribution in [0.5, 0.6) is 0 Å². The van der Waals surface area contributed by atoms with Crippen LogP contribution in [0.3, 0.4) is 0 Å². The summed E-state index contributed by atoms with van der Waals surface area (Å²) in [6.07, 6.45) is 4.78. The van der Waals surface area contributed by atoms with Gasteiger partial charge >= 0.3 is 0 Å². The lowest BCUT2D eigenvalue weighted by molar-refractivity contribution is 0.0683. The van der Waals surface area contributed by atoms with Crippen molar-refractivity contribution in [3.05, 3.63) is 59.5 Å². The number of benzene rings is 1. The average molecular weight is 255 g/mol. The van der Waals surface area contributed by atoms with Crippen molar-refractivity contribution in [2.45, 2.75) is 25.3 Å². The molecule has 98 valence electrons. The lowest BCUT2D eigenvalue weighted by Crippen LogP contribution is -2.33. The third kappa shape index (κ3) is 2.16. The van der Waals surface area contributed by atoms with Crippen molar-refractivity contribution < 1.29 is 9.21 Å². The first-order valence-corrected chi connectivity index (χ1v) is 6.66. The number of carbonyl (C=O) groups excluding carboxylic acids is 1. The number of aryl methyl sites for hydroxylation is 1. The number of carbonyl (C=O) groups is 1. The van der Waals surface area contributed by atoms with Crippen molar-refractivity contribution in [2.24, 2.45) is 0 Å². The minimum atomic E-state index is -0.0493. The van der Waals surface area contributed by atoms with E-state index in [4.69, 9.17) is 4.42 Å². The highest BCUT2D eigenvalue weighted by Crippen LogP contribution is 2.34. The molecule has 3 nitrogen and oxygen atoms in total. The predicted octanol–water partition coefficient (Wildman–Crippen LogP) is 3.43. The molecule has 1 aliphatic carbocycles. The molecule has 1 atom stereocenters. The molecule has 0 aliphatic heterocycles. The maximum Gasteiger partial charge on any atom is 0.289 e. The molecule has 0 saturated carbocycles. The molecule has 3 rings (SSSR count). The van der Waals surface area contributed by atoms with Gasteiger partial charge in [-0.3, -0.25) is 4.79 Å². The number of hydrogen-bond acceptors (Lipinski definition) is 2. The van der Waals surface area contributed by atoms with Crippen LogP contribution in [0.15, 0.2) is 47.1 Å². The molecular formula is C16H17NO2. The lowest BCUT2D eigenvalue weighted by Gasteiger charge is -2.32. The third-order valence-electron chi connectivity index (χ3n) is 3.86. The fourth-order valence-electron chi connectivity index (χ4n) is 2.85. The Hall–Kier alpha value is -2.03. The molecule has 3 heteroatoms. The van der Waals surface area contributed by atoms with Crippen LogP contribution in [-0.2, 0) is 6.42 Å². The maximum atomic E-state index is 12.3. The molecule has 1 heterocycles. The molecule has 0 N–H and O–H groups in total. The summed E-state index contributed by atoms with van der Waals surface area (Å²) in [6, 6.07) is 12.0. The van der Waals surface area contributed by atoms with Gasteiger partial charge in [-0.2, -0.15) is 0 Å². The minimum absolute atomic E-state index is 0.0493. The highest BCUT2D eigenvalue weighted by Gasteiger charge is 2.27. The van der Waals surface area contributed by atoms with E-state index in [0.29, 0.717) is 5.76 Å². The Bertz CT molecular complexity index is 574. The number of rotatable bonds is 2. The smallest absolute Gasteiger partial charge is 0.289 e. The zero-order valence-electron chi connectivity index (χ0n) is 11.0. The van der Waals surface area contributed by atoms with Gasteiger partial charge in [0.05, 0.1) is 12.3 Å². The fraction of sp³-hybridized carbons (Fsp3) is 0.312. The minimum Gasteiger partial charge on any atom is -0.459 e. The van der Waals surface area contributed by atoms with E-state index in [0.717, 1.165) is 19.3 Å². The summed E-state index contributed by atoms with van der Waals surface area (Å²) >= 11 is 0. The molecular weight excluding hydrogens is 238 g/mol. The SMILES string of the molecule is CN(C(=O)c1ccco1)C1CCCc2ccccc21. The molecule has 1 unspecified atom stereocenters. The van der Waals surface area contributed by atoms with Gasteiger partial charge in [-0.15, -0.1) is 0 Å². The van der Waals surface area contributed by atoms with Crippen LogP contribution in [0, 0.1) is 0 Å². The standard InChI is InChI=1S/C16H17NO2/c1-17(16(18)15-10-5-11-19-15)14-9-4-7-12-6-2-3-8-13(12)14/h2-3,5-6,8,10-11,14H,4,7,9H2,1H3. The van der Waals surface area contributed by atoms with Crippen molar-refractivity contribution in [3.63, 3.8) is 0 Å². The van der Waals surface area contributed by atoms with Gasteiger partial charge in [0.15, 0.2) is 5.76 Å². The molecule has 1 aromatic carbocycles. The van der Waals surface area contributed by atoms with E-state index in [9.17, 15) is 4.79 Å². The zero-order chi connectivity index (χ0) is 13.2. The second-order valence-corrected chi connectivity index (χ2v) is 5.00. The molecule has 0 saturated heterocycles. The summed E-state index contributed by atoms with van der Waals surface area (Å²) in [6.45, 7) is 0. The molecule has 1 amide bonds. The van der Waals surface area contributed by atoms with Crippen molar-refractivity contribution in [3.8, 4) is 0 Å². The number of hydrogen-bond donors (Lipinski definition) is 0. The maximum absolute atomic E-state index is 12.3. The summed E-state index contributed by atoms with van der Waals surface area (Å²) in [4.78, 5) is 14.1. The van der Waals surface area contributed by atoms with Crippen LogP contribution in [0.4, 0.5) is 0 Å². The first kappa shape index (κ1) is 12.0. The van der Waals surface area contributed by atoms with Crippen LogP contribution in [-0.4, -0.2) is 17.9 Å². The second-order valence-electron chi connectivity index (χ2n) is 5.00. The predicted molar refractivity (Wildman–Crippen MR) is 72.9 cm³/mol. The molecule has 0 fully saturated rings. The van der Waals surface area contributed by atoms with Gasteiger partial charge in [-0.25, -0.2) is 0 Å². The average Bonchev–Trinajstić information content (AvgIpc) is 2.99. The Morgan fingerprint density at radius 3 is 2.89 bits per heavy atom. The Kier molecular flexibility index (Phi) is 3.11. The normalized spacial score (nSPS) is 17.8. The van der Waals surface area contributed by atoms with Gasteiger partial charge in [0.25, 0.3) is 5.91 Å². The Balaban J connectivity index is 1.89. The summed E-state index contributed by atoms with van der Waals surface area (Å²) in [5, 5.41) is 0. The van der Waals surface area contributed by atoms with Crippen molar-refractivity contribution in [1.29, 1.82) is 0 Å². The number of furan rings is 1. The van der Waals surface area contributed by atoms with Gasteiger partial charge in [0, 0.05) is 7.05 Å². The summed E-state index contributed by atoms with van der Waals surface area (Å²) < 4.78 is 5.20. The van der Waals surface area contributed by atoms with E-state index < -0.39 is 0 Å². The van der Waals surface area contributed by atoms with E-state index >= 15 is 0 Å². The molecule has 1 aromatic heterocycles. The van der Waals surface area contributed by atoms with E-state index in [1.54, 1.807) is 17.0 Å². The number of fused-ring (bicyclic) bond motifs is 1. The Morgan fingerprint density at radius 2 is 2.11 bits per heavy atom. The molecule has 0 radical (unpaired) electrons. The van der Waals surface area contributed by atoms with Crippen LogP contribution in [0.25, 0.3) is 0 Å². The van der Waals surface area contributed by atoms with Crippen molar-refractivity contribution in [1.82, 2.24) is 4.90 Å². The second kappa shape index (κ2) is 4.92. The summed E-state index contributed by atoms with van der Waals surface area (Å²) in [7, 11) is 1.86. The van der Waals surface area contributed by atoms with Crippen molar-refractivity contribution >= 4 is 5.91 Å². The highest BCUT2D eigenvalue weighted by molar-refractivity contribution is 5.91. The number of amides is 1. The van der Waals surface area contributed by atoms with Crippen LogP contribution in [0.1, 0.15) is 40.6 Å². The third-order valence-corrected chi connectivity index (χ3v) is 3.86. The quantitative estimate of drug-likeness (QED) is 0.823. The summed E-state index contributed by atoms with van der Waals surface area (Å²) in [5.41, 5.74) is 2.63. The van der Waals surface area contributed by atoms with Gasteiger partial charge in [0.2, 0.25) is 0 Å². The van der Waals surface area contributed by atoms with Gasteiger partial charge in [-0.1, -0.05) is 24.3 Å². The van der Waals surface area contributed by atoms with Crippen LogP contribution in [0.2, 0.25) is 0 Å². The van der Waals surface area contributed by atoms with E-state index in [1.165, 1.54) is 17.4 Å². The zero-order valence-corrected chi connectivity index (χ0v) is 11.0. The highest BCUT2D eigenvalue weighted by atomic mass is 16.3. The molecule has 2 aromatic rings. The Labute approximate surface area is 112 Å². The van der Waals surface area contributed by atoms with E-state index in [1.807, 2.05) is 13.1 Å². The van der Waals surface area contributed by atoms with Crippen molar-refractivity contribution in [2.75, 3.05) is 7.05 Å².